The van der Waals surface area contributed by atoms with Gasteiger partial charge in [-0.3, -0.25) is 14.4 Å². The van der Waals surface area contributed by atoms with E-state index < -0.39 is 40.6 Å². The fraction of sp³-hybridized carbons (Fsp3) is 0.318. The van der Waals surface area contributed by atoms with E-state index >= 15 is 0 Å². The molecule has 1 aliphatic carbocycles. The number of alkyl halides is 3. The zero-order valence-electron chi connectivity index (χ0n) is 19.1. The molecule has 0 bridgehead atoms. The molecule has 1 heterocycles. The highest BCUT2D eigenvalue weighted by molar-refractivity contribution is 6.41. The second-order valence-corrected chi connectivity index (χ2v) is 7.63. The number of benzene rings is 1. The molecule has 0 aliphatic heterocycles. The van der Waals surface area contributed by atoms with Crippen molar-refractivity contribution in [3.8, 4) is 17.2 Å². The van der Waals surface area contributed by atoms with Gasteiger partial charge < -0.3 is 30.6 Å². The van der Waals surface area contributed by atoms with Gasteiger partial charge in [0.15, 0.2) is 11.6 Å². The molecule has 192 valence electrons. The largest absolute Gasteiger partial charge is 0.497 e. The molecule has 0 unspecified atom stereocenters. The lowest BCUT2D eigenvalue weighted by Gasteiger charge is -2.16. The Morgan fingerprint density at radius 3 is 2.36 bits per heavy atom. The summed E-state index contributed by atoms with van der Waals surface area (Å²) in [5.74, 6) is -3.17. The highest BCUT2D eigenvalue weighted by Crippen LogP contribution is 2.40. The third-order valence-corrected chi connectivity index (χ3v) is 5.08. The molecule has 1 aromatic carbocycles. The van der Waals surface area contributed by atoms with Gasteiger partial charge in [-0.1, -0.05) is 0 Å². The maximum atomic E-state index is 13.3. The van der Waals surface area contributed by atoms with Crippen molar-refractivity contribution in [2.45, 2.75) is 31.1 Å². The molecule has 14 heteroatoms. The minimum absolute atomic E-state index is 0.0153. The van der Waals surface area contributed by atoms with E-state index in [1.807, 2.05) is 0 Å². The van der Waals surface area contributed by atoms with E-state index in [9.17, 15) is 27.6 Å². The first-order valence-corrected chi connectivity index (χ1v) is 10.4. The van der Waals surface area contributed by atoms with E-state index in [0.29, 0.717) is 12.8 Å². The number of hydrogen-bond donors (Lipinski definition) is 3. The van der Waals surface area contributed by atoms with Crippen molar-refractivity contribution in [1.29, 1.82) is 0 Å². The van der Waals surface area contributed by atoms with Gasteiger partial charge in [0.05, 0.1) is 39.2 Å². The predicted molar refractivity (Wildman–Crippen MR) is 116 cm³/mol. The second-order valence-electron chi connectivity index (χ2n) is 7.63. The molecular formula is C22H22F3N5O6. The molecule has 36 heavy (non-hydrogen) atoms. The van der Waals surface area contributed by atoms with E-state index in [2.05, 4.69) is 25.3 Å². The quantitative estimate of drug-likeness (QED) is 0.246. The van der Waals surface area contributed by atoms with Crippen LogP contribution in [0.1, 0.15) is 24.2 Å². The molecule has 0 saturated heterocycles. The van der Waals surface area contributed by atoms with Crippen LogP contribution in [-0.2, 0) is 31.8 Å². The van der Waals surface area contributed by atoms with Crippen molar-refractivity contribution in [2.24, 2.45) is 5.73 Å². The molecule has 0 spiro atoms. The van der Waals surface area contributed by atoms with Gasteiger partial charge in [0.25, 0.3) is 5.91 Å². The molecule has 1 fully saturated rings. The van der Waals surface area contributed by atoms with Gasteiger partial charge in [-0.05, 0) is 31.0 Å². The topological polar surface area (TPSA) is 155 Å². The fourth-order valence-electron chi connectivity index (χ4n) is 2.96. The average Bonchev–Trinajstić information content (AvgIpc) is 3.63. The number of aromatic nitrogens is 2. The van der Waals surface area contributed by atoms with Gasteiger partial charge in [-0.25, -0.2) is 9.97 Å². The van der Waals surface area contributed by atoms with Crippen molar-refractivity contribution in [1.82, 2.24) is 20.6 Å². The molecule has 3 rings (SSSR count). The predicted octanol–water partition coefficient (Wildman–Crippen LogP) is 1.58. The molecule has 4 N–H and O–H groups in total. The van der Waals surface area contributed by atoms with Gasteiger partial charge in [0.2, 0.25) is 11.7 Å². The van der Waals surface area contributed by atoms with E-state index in [4.69, 9.17) is 15.2 Å². The number of halogens is 3. The number of ether oxygens (including phenoxy) is 3. The summed E-state index contributed by atoms with van der Waals surface area (Å²) >= 11 is 0. The number of carbonyl (C=O) groups is 3. The molecule has 1 aromatic heterocycles. The lowest BCUT2D eigenvalue weighted by molar-refractivity contribution is -0.138. The summed E-state index contributed by atoms with van der Waals surface area (Å²) in [6.45, 7) is -0.141. The van der Waals surface area contributed by atoms with Crippen LogP contribution in [0.3, 0.4) is 0 Å². The zero-order valence-corrected chi connectivity index (χ0v) is 19.1. The number of amides is 2. The van der Waals surface area contributed by atoms with Crippen LogP contribution in [0.25, 0.3) is 0 Å². The number of ketones is 1. The summed E-state index contributed by atoms with van der Waals surface area (Å²) in [5, 5.41) is 4.93. The summed E-state index contributed by atoms with van der Waals surface area (Å²) in [6, 6.07) is 3.24. The maximum Gasteiger partial charge on any atom is 0.420 e. The first-order chi connectivity index (χ1) is 17.0. The molecule has 2 amide bonds. The standard InChI is InChI=1S/C22H22F3N5O6/c1-34-12-3-4-16(14(7-12)22(23,24)25)36-13-9-27-18(28-10-13)11-29-20(33)21(5-6-21)30-19(32)15(31)8-17(26)35-2/h3-4,7-10H,5-6,11,26H2,1-2H3,(H,29,33)(H,30,32). The van der Waals surface area contributed by atoms with Gasteiger partial charge in [0, 0.05) is 0 Å². The van der Waals surface area contributed by atoms with Crippen LogP contribution in [-0.4, -0.2) is 47.3 Å². The normalized spacial score (nSPS) is 14.4. The van der Waals surface area contributed by atoms with E-state index in [0.717, 1.165) is 30.6 Å². The molecule has 1 aliphatic rings. The van der Waals surface area contributed by atoms with Crippen LogP contribution in [0.4, 0.5) is 13.2 Å². The Bertz CT molecular complexity index is 1180. The molecule has 2 aromatic rings. The molecule has 11 nitrogen and oxygen atoms in total. The number of hydrogen-bond acceptors (Lipinski definition) is 9. The number of nitrogens with zero attached hydrogens (tertiary/aromatic N) is 2. The van der Waals surface area contributed by atoms with Crippen molar-refractivity contribution in [2.75, 3.05) is 14.2 Å². The highest BCUT2D eigenvalue weighted by Gasteiger charge is 2.51. The smallest absolute Gasteiger partial charge is 0.420 e. The van der Waals surface area contributed by atoms with Crippen molar-refractivity contribution < 1.29 is 41.8 Å². The Morgan fingerprint density at radius 2 is 1.81 bits per heavy atom. The van der Waals surface area contributed by atoms with E-state index in [1.54, 1.807) is 0 Å². The van der Waals surface area contributed by atoms with Crippen LogP contribution in [0, 0.1) is 0 Å². The number of nitrogens with two attached hydrogens (primary N) is 1. The maximum absolute atomic E-state index is 13.3. The lowest BCUT2D eigenvalue weighted by atomic mass is 10.2. The first kappa shape index (κ1) is 26.2. The van der Waals surface area contributed by atoms with Crippen LogP contribution in [0.5, 0.6) is 17.2 Å². The minimum atomic E-state index is -4.68. The van der Waals surface area contributed by atoms with E-state index in [1.165, 1.54) is 20.3 Å². The molecular weight excluding hydrogens is 487 g/mol. The lowest BCUT2D eigenvalue weighted by Crippen LogP contribution is -2.50. The first-order valence-electron chi connectivity index (χ1n) is 10.4. The summed E-state index contributed by atoms with van der Waals surface area (Å²) in [7, 11) is 2.48. The van der Waals surface area contributed by atoms with E-state index in [-0.39, 0.29) is 29.8 Å². The molecule has 1 saturated carbocycles. The second kappa shape index (κ2) is 10.5. The van der Waals surface area contributed by atoms with Gasteiger partial charge in [-0.15, -0.1) is 0 Å². The van der Waals surface area contributed by atoms with Gasteiger partial charge >= 0.3 is 6.18 Å². The molecule has 0 atom stereocenters. The van der Waals surface area contributed by atoms with Crippen LogP contribution in [0.15, 0.2) is 42.6 Å². The highest BCUT2D eigenvalue weighted by atomic mass is 19.4. The van der Waals surface area contributed by atoms with Crippen molar-refractivity contribution in [3.05, 3.63) is 53.9 Å². The Kier molecular flexibility index (Phi) is 7.65. The Morgan fingerprint density at radius 1 is 1.14 bits per heavy atom. The van der Waals surface area contributed by atoms with Crippen molar-refractivity contribution >= 4 is 17.6 Å². The number of nitrogens with one attached hydrogen (secondary N) is 2. The summed E-state index contributed by atoms with van der Waals surface area (Å²) in [6.07, 6.45) is -0.945. The summed E-state index contributed by atoms with van der Waals surface area (Å²) in [5.41, 5.74) is 3.06. The SMILES string of the molecule is COC(N)=CC(=O)C(=O)NC1(C(=O)NCc2ncc(Oc3ccc(OC)cc3C(F)(F)F)cn2)CC1. The Balaban J connectivity index is 1.59. The van der Waals surface area contributed by atoms with Crippen LogP contribution >= 0.6 is 0 Å². The summed E-state index contributed by atoms with van der Waals surface area (Å²) < 4.78 is 54.7. The van der Waals surface area contributed by atoms with Crippen LogP contribution < -0.4 is 25.8 Å². The summed E-state index contributed by atoms with van der Waals surface area (Å²) in [4.78, 5) is 44.3. The van der Waals surface area contributed by atoms with Gasteiger partial charge in [-0.2, -0.15) is 13.2 Å². The number of methoxy groups -OCH3 is 2. The third-order valence-electron chi connectivity index (χ3n) is 5.08. The van der Waals surface area contributed by atoms with Gasteiger partial charge in [0.1, 0.15) is 28.4 Å². The number of rotatable bonds is 10. The fourth-order valence-corrected chi connectivity index (χ4v) is 2.96. The minimum Gasteiger partial charge on any atom is -0.497 e. The number of carbonyl (C=O) groups excluding carboxylic acids is 3. The average molecular weight is 509 g/mol. The zero-order chi connectivity index (χ0) is 26.5. The monoisotopic (exact) mass is 509 g/mol. The van der Waals surface area contributed by atoms with Crippen LogP contribution in [0.2, 0.25) is 0 Å². The third kappa shape index (κ3) is 6.40. The Hall–Kier alpha value is -4.36. The van der Waals surface area contributed by atoms with Crippen molar-refractivity contribution in [3.63, 3.8) is 0 Å². The Labute approximate surface area is 202 Å². The molecule has 0 radical (unpaired) electrons.